The van der Waals surface area contributed by atoms with E-state index >= 15 is 0 Å². The molecule has 1 saturated heterocycles. The van der Waals surface area contributed by atoms with Gasteiger partial charge in [0.15, 0.2) is 0 Å². The normalized spacial score (nSPS) is 22.8. The number of aliphatic hydroxyl groups excluding tert-OH is 2. The highest BCUT2D eigenvalue weighted by Gasteiger charge is 2.33. The Labute approximate surface area is 217 Å². The van der Waals surface area contributed by atoms with E-state index in [0.29, 0.717) is 24.2 Å². The molecule has 3 heterocycles. The second-order valence-corrected chi connectivity index (χ2v) is 11.1. The zero-order chi connectivity index (χ0) is 26.3. The fraction of sp³-hybridized carbons (Fsp3) is 0.517. The molecule has 0 aromatic heterocycles. The van der Waals surface area contributed by atoms with Crippen LogP contribution in [-0.2, 0) is 22.7 Å². The van der Waals surface area contributed by atoms with Gasteiger partial charge in [0.25, 0.3) is 0 Å². The molecule has 8 heteroatoms. The number of hydrogen-bond acceptors (Lipinski definition) is 8. The van der Waals surface area contributed by atoms with Gasteiger partial charge in [-0.25, -0.2) is 9.59 Å². The molecule has 2 aromatic rings. The minimum Gasteiger partial charge on any atom is -0.457 e. The van der Waals surface area contributed by atoms with Crippen LogP contribution < -0.4 is 5.32 Å². The van der Waals surface area contributed by atoms with E-state index in [1.54, 1.807) is 12.1 Å². The molecule has 0 saturated carbocycles. The number of carbonyl (C=O) groups excluding carboxylic acids is 2. The molecule has 0 bridgehead atoms. The third kappa shape index (κ3) is 5.03. The number of hydrogen-bond donors (Lipinski definition) is 3. The molecule has 0 unspecified atom stereocenters. The van der Waals surface area contributed by atoms with E-state index in [2.05, 4.69) is 17.1 Å². The Hall–Kier alpha value is -2.78. The van der Waals surface area contributed by atoms with Gasteiger partial charge in [0, 0.05) is 37.3 Å². The summed E-state index contributed by atoms with van der Waals surface area (Å²) in [4.78, 5) is 25.9. The largest absolute Gasteiger partial charge is 0.457 e. The summed E-state index contributed by atoms with van der Waals surface area (Å²) in [5.41, 5.74) is 6.47. The Kier molecular flexibility index (Phi) is 7.11. The summed E-state index contributed by atoms with van der Waals surface area (Å²) < 4.78 is 10.3. The van der Waals surface area contributed by atoms with Crippen molar-refractivity contribution in [2.45, 2.75) is 59.0 Å². The van der Waals surface area contributed by atoms with Gasteiger partial charge in [0.2, 0.25) is 0 Å². The second kappa shape index (κ2) is 10.2. The first kappa shape index (κ1) is 25.9. The van der Waals surface area contributed by atoms with Gasteiger partial charge in [-0.15, -0.1) is 0 Å². The maximum atomic E-state index is 11.8. The number of esters is 2. The maximum Gasteiger partial charge on any atom is 0.338 e. The van der Waals surface area contributed by atoms with Gasteiger partial charge in [-0.05, 0) is 73.0 Å². The fourth-order valence-corrected chi connectivity index (χ4v) is 6.15. The van der Waals surface area contributed by atoms with Gasteiger partial charge in [-0.2, -0.15) is 0 Å². The van der Waals surface area contributed by atoms with Crippen LogP contribution in [-0.4, -0.2) is 59.8 Å². The number of nitrogens with one attached hydrogen (secondary N) is 1. The average Bonchev–Trinajstić information content (AvgIpc) is 3.43. The minimum absolute atomic E-state index is 0.0121. The van der Waals surface area contributed by atoms with E-state index < -0.39 is 12.2 Å². The predicted molar refractivity (Wildman–Crippen MR) is 137 cm³/mol. The number of β-amino-alcohol motifs (C(OH)–C–C–N with tert-alkyl or cyclic N) is 1. The summed E-state index contributed by atoms with van der Waals surface area (Å²) >= 11 is 0. The Morgan fingerprint density at radius 3 is 2.11 bits per heavy atom. The number of cyclic esters (lactones) is 2. The molecule has 2 aromatic carbocycles. The van der Waals surface area contributed by atoms with Crippen molar-refractivity contribution in [2.75, 3.05) is 32.7 Å². The predicted octanol–water partition coefficient (Wildman–Crippen LogP) is 3.10. The van der Waals surface area contributed by atoms with Crippen LogP contribution in [0.5, 0.6) is 0 Å². The summed E-state index contributed by atoms with van der Waals surface area (Å²) in [5, 5.41) is 25.4. The number of aliphatic hydroxyl groups is 2. The van der Waals surface area contributed by atoms with Gasteiger partial charge in [-0.3, -0.25) is 4.90 Å². The first-order valence-electron chi connectivity index (χ1n) is 13.0. The zero-order valence-electron chi connectivity index (χ0n) is 21.8. The van der Waals surface area contributed by atoms with E-state index in [1.807, 2.05) is 26.0 Å². The molecular formula is C29H36N2O6. The summed E-state index contributed by atoms with van der Waals surface area (Å²) in [6.07, 6.45) is 0.787. The Morgan fingerprint density at radius 1 is 0.946 bits per heavy atom. The molecule has 3 atom stereocenters. The first-order valence-corrected chi connectivity index (χ1v) is 13.0. The Morgan fingerprint density at radius 2 is 1.51 bits per heavy atom. The first-order chi connectivity index (χ1) is 17.7. The van der Waals surface area contributed by atoms with Gasteiger partial charge >= 0.3 is 11.9 Å². The van der Waals surface area contributed by atoms with Gasteiger partial charge < -0.3 is 25.0 Å². The van der Waals surface area contributed by atoms with Crippen LogP contribution >= 0.6 is 0 Å². The number of ether oxygens (including phenoxy) is 2. The molecule has 0 aliphatic carbocycles. The highest BCUT2D eigenvalue weighted by molar-refractivity contribution is 5.94. The van der Waals surface area contributed by atoms with Crippen LogP contribution in [0.25, 0.3) is 0 Å². The molecule has 8 nitrogen and oxygen atoms in total. The maximum absolute atomic E-state index is 11.8. The number of nitrogens with zero attached hydrogens (tertiary/aromatic N) is 1. The third-order valence-electron chi connectivity index (χ3n) is 8.31. The topological polar surface area (TPSA) is 108 Å². The van der Waals surface area contributed by atoms with Crippen molar-refractivity contribution >= 4 is 11.9 Å². The number of benzene rings is 2. The van der Waals surface area contributed by atoms with Crippen LogP contribution in [0.4, 0.5) is 0 Å². The monoisotopic (exact) mass is 508 g/mol. The highest BCUT2D eigenvalue weighted by atomic mass is 16.5. The Balaban J connectivity index is 1.16. The smallest absolute Gasteiger partial charge is 0.338 e. The average molecular weight is 509 g/mol. The van der Waals surface area contributed by atoms with Crippen molar-refractivity contribution in [3.63, 3.8) is 0 Å². The lowest BCUT2D eigenvalue weighted by Crippen LogP contribution is -2.48. The summed E-state index contributed by atoms with van der Waals surface area (Å²) in [6.45, 7) is 10.1. The molecule has 0 spiro atoms. The molecule has 0 amide bonds. The van der Waals surface area contributed by atoms with E-state index in [-0.39, 0.29) is 30.6 Å². The van der Waals surface area contributed by atoms with Crippen molar-refractivity contribution in [3.05, 3.63) is 68.8 Å². The molecule has 37 heavy (non-hydrogen) atoms. The standard InChI is InChI=1S/C29H36N2O6/c1-17-19(5-7-21-23(17)13-36-27(21)34)25(32)11-30-15-29(3)9-4-10-31(16-29)12-26(33)20-6-8-22-24(18(20)2)14-37-28(22)35/h5-8,25-26,30,32-33H,4,9-16H2,1-3H3/t25-,26-,29+/m0/s1. The number of rotatable bonds is 8. The van der Waals surface area contributed by atoms with Crippen LogP contribution in [0.1, 0.15) is 86.1 Å². The van der Waals surface area contributed by atoms with Crippen LogP contribution in [0, 0.1) is 19.3 Å². The van der Waals surface area contributed by atoms with Gasteiger partial charge in [0.05, 0.1) is 23.3 Å². The molecule has 3 aliphatic rings. The lowest BCUT2D eigenvalue weighted by atomic mass is 9.81. The quantitative estimate of drug-likeness (QED) is 0.467. The van der Waals surface area contributed by atoms with Crippen LogP contribution in [0.3, 0.4) is 0 Å². The zero-order valence-corrected chi connectivity index (χ0v) is 21.8. The molecule has 198 valence electrons. The number of fused-ring (bicyclic) bond motifs is 2. The van der Waals surface area contributed by atoms with E-state index in [0.717, 1.165) is 65.9 Å². The van der Waals surface area contributed by atoms with Crippen LogP contribution in [0.2, 0.25) is 0 Å². The van der Waals surface area contributed by atoms with Crippen molar-refractivity contribution in [3.8, 4) is 0 Å². The van der Waals surface area contributed by atoms with Crippen LogP contribution in [0.15, 0.2) is 24.3 Å². The fourth-order valence-electron chi connectivity index (χ4n) is 6.15. The van der Waals surface area contributed by atoms with Gasteiger partial charge in [0.1, 0.15) is 13.2 Å². The lowest BCUT2D eigenvalue weighted by molar-refractivity contribution is 0.0500. The van der Waals surface area contributed by atoms with E-state index in [9.17, 15) is 19.8 Å². The van der Waals surface area contributed by atoms with E-state index in [1.165, 1.54) is 0 Å². The van der Waals surface area contributed by atoms with Crippen molar-refractivity contribution in [2.24, 2.45) is 5.41 Å². The molecular weight excluding hydrogens is 472 g/mol. The third-order valence-corrected chi connectivity index (χ3v) is 8.31. The lowest BCUT2D eigenvalue weighted by Gasteiger charge is -2.41. The number of likely N-dealkylation sites (tertiary alicyclic amines) is 1. The SMILES string of the molecule is Cc1c([C@@H](O)CNC[C@@]2(C)CCCN(C[C@H](O)c3ccc4c(c3C)COC4=O)C2)ccc2c1COC2=O. The number of piperidine rings is 1. The molecule has 5 rings (SSSR count). The van der Waals surface area contributed by atoms with Crippen molar-refractivity contribution < 1.29 is 29.3 Å². The van der Waals surface area contributed by atoms with E-state index in [4.69, 9.17) is 9.47 Å². The number of carbonyl (C=O) groups is 2. The summed E-state index contributed by atoms with van der Waals surface area (Å²) in [7, 11) is 0. The molecule has 0 radical (unpaired) electrons. The minimum atomic E-state index is -0.676. The van der Waals surface area contributed by atoms with Gasteiger partial charge in [-0.1, -0.05) is 19.1 Å². The second-order valence-electron chi connectivity index (χ2n) is 11.1. The highest BCUT2D eigenvalue weighted by Crippen LogP contribution is 2.33. The Bertz CT molecular complexity index is 1230. The summed E-state index contributed by atoms with van der Waals surface area (Å²) in [5.74, 6) is -0.591. The van der Waals surface area contributed by atoms with Crippen molar-refractivity contribution in [1.82, 2.24) is 10.2 Å². The summed E-state index contributed by atoms with van der Waals surface area (Å²) in [6, 6.07) is 7.18. The molecule has 3 N–H and O–H groups in total. The molecule has 3 aliphatic heterocycles. The van der Waals surface area contributed by atoms with Crippen molar-refractivity contribution in [1.29, 1.82) is 0 Å². The molecule has 1 fully saturated rings.